The van der Waals surface area contributed by atoms with Gasteiger partial charge in [0, 0.05) is 18.5 Å². The highest BCUT2D eigenvalue weighted by Gasteiger charge is 2.06. The molecule has 0 atom stereocenters. The van der Waals surface area contributed by atoms with Crippen LogP contribution < -0.4 is 0 Å². The van der Waals surface area contributed by atoms with Crippen LogP contribution in [0.3, 0.4) is 0 Å². The van der Waals surface area contributed by atoms with Gasteiger partial charge in [0.25, 0.3) is 5.69 Å². The van der Waals surface area contributed by atoms with E-state index in [2.05, 4.69) is 16.0 Å². The van der Waals surface area contributed by atoms with Crippen LogP contribution in [0.25, 0.3) is 11.0 Å². The number of rotatable bonds is 1. The third-order valence-electron chi connectivity index (χ3n) is 1.58. The molecule has 0 bridgehead atoms. The van der Waals surface area contributed by atoms with Crippen molar-refractivity contribution in [3.8, 4) is 0 Å². The van der Waals surface area contributed by atoms with Crippen LogP contribution in [0.15, 0.2) is 24.5 Å². The van der Waals surface area contributed by atoms with Crippen molar-refractivity contribution >= 4 is 16.7 Å². The van der Waals surface area contributed by atoms with Gasteiger partial charge in [-0.05, 0) is 6.07 Å². The zero-order valence-corrected chi connectivity index (χ0v) is 6.47. The van der Waals surface area contributed by atoms with Gasteiger partial charge in [0.2, 0.25) is 0 Å². The van der Waals surface area contributed by atoms with Gasteiger partial charge in [0.05, 0.1) is 22.0 Å². The van der Waals surface area contributed by atoms with Crippen molar-refractivity contribution in [3.05, 3.63) is 40.7 Å². The first-order valence-electron chi connectivity index (χ1n) is 3.54. The van der Waals surface area contributed by atoms with E-state index in [1.54, 1.807) is 0 Å². The van der Waals surface area contributed by atoms with Gasteiger partial charge in [-0.3, -0.25) is 20.1 Å². The Morgan fingerprint density at radius 2 is 2.00 bits per heavy atom. The summed E-state index contributed by atoms with van der Waals surface area (Å²) in [5, 5.41) is 10.4. The topological polar surface area (TPSA) is 68.9 Å². The first kappa shape index (κ1) is 7.60. The van der Waals surface area contributed by atoms with Crippen molar-refractivity contribution in [2.24, 2.45) is 0 Å². The molecule has 0 amide bonds. The first-order chi connectivity index (χ1) is 6.27. The molecule has 2 rings (SSSR count). The summed E-state index contributed by atoms with van der Waals surface area (Å²) in [6, 6.07) is 5.32. The van der Waals surface area contributed by atoms with Gasteiger partial charge in [0.1, 0.15) is 0 Å². The number of fused-ring (bicyclic) bond motifs is 1. The first-order valence-corrected chi connectivity index (χ1v) is 3.54. The molecule has 1 aromatic carbocycles. The average Bonchev–Trinajstić information content (AvgIpc) is 2.17. The Labute approximate surface area is 73.2 Å². The van der Waals surface area contributed by atoms with Crippen molar-refractivity contribution < 1.29 is 4.92 Å². The van der Waals surface area contributed by atoms with Gasteiger partial charge in [-0.1, -0.05) is 0 Å². The highest BCUT2D eigenvalue weighted by Crippen LogP contribution is 2.15. The largest absolute Gasteiger partial charge is 0.279 e. The Morgan fingerprint density at radius 3 is 2.69 bits per heavy atom. The van der Waals surface area contributed by atoms with Crippen LogP contribution in [0.5, 0.6) is 0 Å². The van der Waals surface area contributed by atoms with Crippen molar-refractivity contribution in [1.29, 1.82) is 0 Å². The predicted molar refractivity (Wildman–Crippen MR) is 45.0 cm³/mol. The lowest BCUT2D eigenvalue weighted by molar-refractivity contribution is -0.385. The highest BCUT2D eigenvalue weighted by molar-refractivity contribution is 5.75. The standard InChI is InChI=1S/C8H4N3O2/c12-11(13)6-1-2-7-8(5-6)10-4-3-9-7/h2-5H. The molecule has 63 valence electrons. The normalized spacial score (nSPS) is 10.2. The third kappa shape index (κ3) is 1.31. The smallest absolute Gasteiger partial charge is 0.258 e. The van der Waals surface area contributed by atoms with E-state index >= 15 is 0 Å². The van der Waals surface area contributed by atoms with E-state index in [1.807, 2.05) is 0 Å². The Balaban J connectivity index is 2.69. The van der Waals surface area contributed by atoms with E-state index in [-0.39, 0.29) is 5.69 Å². The van der Waals surface area contributed by atoms with E-state index in [1.165, 1.54) is 24.5 Å². The van der Waals surface area contributed by atoms with E-state index in [0.717, 1.165) is 0 Å². The number of nitrogens with zero attached hydrogens (tertiary/aromatic N) is 3. The average molecular weight is 174 g/mol. The van der Waals surface area contributed by atoms with Crippen LogP contribution in [0.1, 0.15) is 0 Å². The number of nitro benzene ring substituents is 1. The Morgan fingerprint density at radius 1 is 1.31 bits per heavy atom. The van der Waals surface area contributed by atoms with E-state index in [9.17, 15) is 10.1 Å². The van der Waals surface area contributed by atoms with Crippen LogP contribution >= 0.6 is 0 Å². The maximum Gasteiger partial charge on any atom is 0.279 e. The molecule has 0 aliphatic heterocycles. The lowest BCUT2D eigenvalue weighted by Gasteiger charge is -1.93. The minimum absolute atomic E-state index is 0.0898. The SMILES string of the molecule is O=[N+]([O-])c1[c]cc2nccnc2c1. The maximum atomic E-state index is 10.4. The van der Waals surface area contributed by atoms with Gasteiger partial charge in [0.15, 0.2) is 0 Å². The fraction of sp³-hybridized carbons (Fsp3) is 0. The molecule has 0 unspecified atom stereocenters. The Bertz CT molecular complexity index is 470. The number of hydrogen-bond acceptors (Lipinski definition) is 4. The molecule has 0 aliphatic rings. The van der Waals surface area contributed by atoms with E-state index in [0.29, 0.717) is 11.0 Å². The van der Waals surface area contributed by atoms with Gasteiger partial charge in [-0.25, -0.2) is 0 Å². The second-order valence-corrected chi connectivity index (χ2v) is 2.40. The molecule has 1 radical (unpaired) electrons. The summed E-state index contributed by atoms with van der Waals surface area (Å²) >= 11 is 0. The van der Waals surface area contributed by atoms with Crippen LogP contribution in [0, 0.1) is 16.2 Å². The molecule has 13 heavy (non-hydrogen) atoms. The molecule has 0 N–H and O–H groups in total. The molecule has 0 aliphatic carbocycles. The van der Waals surface area contributed by atoms with Crippen molar-refractivity contribution in [3.63, 3.8) is 0 Å². The monoisotopic (exact) mass is 174 g/mol. The molecule has 0 spiro atoms. The Kier molecular flexibility index (Phi) is 1.63. The summed E-state index contributed by atoms with van der Waals surface area (Å²) in [6.07, 6.45) is 3.02. The summed E-state index contributed by atoms with van der Waals surface area (Å²) in [4.78, 5) is 17.8. The van der Waals surface area contributed by atoms with Crippen LogP contribution in [0.4, 0.5) is 5.69 Å². The minimum atomic E-state index is -0.506. The number of nitro groups is 1. The van der Waals surface area contributed by atoms with E-state index < -0.39 is 4.92 Å². The van der Waals surface area contributed by atoms with Crippen LogP contribution in [-0.4, -0.2) is 14.9 Å². The molecule has 2 aromatic rings. The molecule has 1 heterocycles. The van der Waals surface area contributed by atoms with E-state index in [4.69, 9.17) is 0 Å². The number of non-ortho nitro benzene ring substituents is 1. The van der Waals surface area contributed by atoms with Gasteiger partial charge in [-0.2, -0.15) is 0 Å². The second-order valence-electron chi connectivity index (χ2n) is 2.40. The third-order valence-corrected chi connectivity index (χ3v) is 1.58. The quantitative estimate of drug-likeness (QED) is 0.483. The summed E-state index contributed by atoms with van der Waals surface area (Å²) in [6.45, 7) is 0. The van der Waals surface area contributed by atoms with Crippen molar-refractivity contribution in [2.75, 3.05) is 0 Å². The number of aromatic nitrogens is 2. The minimum Gasteiger partial charge on any atom is -0.258 e. The number of benzene rings is 1. The zero-order chi connectivity index (χ0) is 9.26. The molecule has 0 fully saturated rings. The van der Waals surface area contributed by atoms with Crippen LogP contribution in [0.2, 0.25) is 0 Å². The second kappa shape index (κ2) is 2.78. The molecule has 1 aromatic heterocycles. The molecule has 5 heteroatoms. The van der Waals surface area contributed by atoms with Crippen molar-refractivity contribution in [2.45, 2.75) is 0 Å². The molecule has 5 nitrogen and oxygen atoms in total. The molecular weight excluding hydrogens is 170 g/mol. The van der Waals surface area contributed by atoms with Crippen molar-refractivity contribution in [1.82, 2.24) is 9.97 Å². The fourth-order valence-electron chi connectivity index (χ4n) is 1.00. The highest BCUT2D eigenvalue weighted by atomic mass is 16.6. The molecule has 0 saturated heterocycles. The summed E-state index contributed by atoms with van der Waals surface area (Å²) < 4.78 is 0. The van der Waals surface area contributed by atoms with Gasteiger partial charge in [-0.15, -0.1) is 0 Å². The van der Waals surface area contributed by atoms with Crippen LogP contribution in [-0.2, 0) is 0 Å². The summed E-state index contributed by atoms with van der Waals surface area (Å²) in [5.74, 6) is 0. The Hall–Kier alpha value is -2.04. The molecular formula is C8H4N3O2. The summed E-state index contributed by atoms with van der Waals surface area (Å²) in [5.41, 5.74) is 1.02. The van der Waals surface area contributed by atoms with Gasteiger partial charge >= 0.3 is 0 Å². The van der Waals surface area contributed by atoms with Gasteiger partial charge < -0.3 is 0 Å². The summed E-state index contributed by atoms with van der Waals surface area (Å²) in [7, 11) is 0. The zero-order valence-electron chi connectivity index (χ0n) is 6.47. The molecule has 0 saturated carbocycles. The lowest BCUT2D eigenvalue weighted by atomic mass is 10.3. The maximum absolute atomic E-state index is 10.4. The number of hydrogen-bond donors (Lipinski definition) is 0. The fourth-order valence-corrected chi connectivity index (χ4v) is 1.00. The predicted octanol–water partition coefficient (Wildman–Crippen LogP) is 1.34. The lowest BCUT2D eigenvalue weighted by Crippen LogP contribution is -1.89.